The molecule has 0 aromatic heterocycles. The first-order chi connectivity index (χ1) is 5.91. The van der Waals surface area contributed by atoms with E-state index in [9.17, 15) is 22.0 Å². The van der Waals surface area contributed by atoms with Crippen LogP contribution in [0.3, 0.4) is 0 Å². The molecule has 0 saturated carbocycles. The van der Waals surface area contributed by atoms with Crippen LogP contribution in [0.15, 0.2) is 11.5 Å². The third kappa shape index (κ3) is 2.76. The molecule has 4 nitrogen and oxygen atoms in total. The Kier molecular flexibility index (Phi) is 2.65. The van der Waals surface area contributed by atoms with Crippen LogP contribution >= 0.6 is 0 Å². The molecular formula is C6H7F2NO3S. The van der Waals surface area contributed by atoms with Crippen LogP contribution in [0.25, 0.3) is 0 Å². The molecule has 0 spiro atoms. The summed E-state index contributed by atoms with van der Waals surface area (Å²) in [6.07, 6.45) is -1.94. The maximum atomic E-state index is 11.7. The molecule has 1 heterocycles. The highest BCUT2D eigenvalue weighted by Crippen LogP contribution is 2.08. The first-order valence-corrected chi connectivity index (χ1v) is 5.12. The largest absolute Gasteiger partial charge is 0.344 e. The van der Waals surface area contributed by atoms with Crippen LogP contribution in [0, 0.1) is 0 Å². The van der Waals surface area contributed by atoms with Crippen molar-refractivity contribution < 1.29 is 22.0 Å². The average Bonchev–Trinajstić information content (AvgIpc) is 2.30. The molecule has 1 amide bonds. The second kappa shape index (κ2) is 3.41. The smallest absolute Gasteiger partial charge is 0.315 e. The van der Waals surface area contributed by atoms with Crippen molar-refractivity contribution in [1.82, 2.24) is 5.32 Å². The van der Waals surface area contributed by atoms with Gasteiger partial charge in [0, 0.05) is 5.41 Å². The lowest BCUT2D eigenvalue weighted by molar-refractivity contribution is -0.132. The summed E-state index contributed by atoms with van der Waals surface area (Å²) in [5.74, 6) is -1.79. The highest BCUT2D eigenvalue weighted by Gasteiger charge is 2.25. The summed E-state index contributed by atoms with van der Waals surface area (Å²) in [6, 6.07) is -0.827. The first-order valence-electron chi connectivity index (χ1n) is 3.40. The summed E-state index contributed by atoms with van der Waals surface area (Å²) in [4.78, 5) is 10.4. The number of halogens is 2. The third-order valence-corrected chi connectivity index (χ3v) is 2.85. The van der Waals surface area contributed by atoms with Gasteiger partial charge in [-0.1, -0.05) is 0 Å². The highest BCUT2D eigenvalue weighted by molar-refractivity contribution is 7.94. The zero-order valence-corrected chi connectivity index (χ0v) is 7.22. The molecule has 0 aromatic carbocycles. The Bertz CT molecular complexity index is 336. The van der Waals surface area contributed by atoms with Gasteiger partial charge in [-0.25, -0.2) is 8.42 Å². The number of nitrogens with one attached hydrogen (secondary N) is 1. The third-order valence-electron chi connectivity index (χ3n) is 1.46. The maximum absolute atomic E-state index is 11.7. The van der Waals surface area contributed by atoms with Gasteiger partial charge in [0.15, 0.2) is 9.84 Å². The molecule has 0 bridgehead atoms. The number of alkyl halides is 2. The second-order valence-corrected chi connectivity index (χ2v) is 4.51. The first kappa shape index (κ1) is 10.1. The van der Waals surface area contributed by atoms with Gasteiger partial charge in [-0.15, -0.1) is 0 Å². The molecule has 1 aliphatic heterocycles. The topological polar surface area (TPSA) is 63.2 Å². The van der Waals surface area contributed by atoms with Gasteiger partial charge in [-0.2, -0.15) is 8.78 Å². The minimum Gasteiger partial charge on any atom is -0.344 e. The predicted octanol–water partition coefficient (Wildman–Crippen LogP) is -0.322. The predicted molar refractivity (Wildman–Crippen MR) is 40.9 cm³/mol. The molecule has 0 radical (unpaired) electrons. The van der Waals surface area contributed by atoms with Gasteiger partial charge >= 0.3 is 6.43 Å². The molecular weight excluding hydrogens is 204 g/mol. The van der Waals surface area contributed by atoms with Crippen LogP contribution in [0.2, 0.25) is 0 Å². The van der Waals surface area contributed by atoms with Gasteiger partial charge < -0.3 is 5.32 Å². The lowest BCUT2D eigenvalue weighted by atomic mass is 10.3. The zero-order chi connectivity index (χ0) is 10.1. The van der Waals surface area contributed by atoms with E-state index >= 15 is 0 Å². The Morgan fingerprint density at radius 2 is 2.15 bits per heavy atom. The Morgan fingerprint density at radius 1 is 1.54 bits per heavy atom. The molecule has 1 unspecified atom stereocenters. The van der Waals surface area contributed by atoms with E-state index in [0.29, 0.717) is 0 Å². The summed E-state index contributed by atoms with van der Waals surface area (Å²) in [5.41, 5.74) is 0. The number of hydrogen-bond donors (Lipinski definition) is 1. The molecule has 7 heteroatoms. The maximum Gasteiger partial charge on any atom is 0.315 e. The fourth-order valence-electron chi connectivity index (χ4n) is 0.911. The van der Waals surface area contributed by atoms with E-state index in [1.54, 1.807) is 0 Å². The van der Waals surface area contributed by atoms with Crippen molar-refractivity contribution >= 4 is 15.7 Å². The van der Waals surface area contributed by atoms with E-state index < -0.39 is 28.2 Å². The Morgan fingerprint density at radius 3 is 2.54 bits per heavy atom. The van der Waals surface area contributed by atoms with Crippen LogP contribution in [-0.2, 0) is 14.6 Å². The number of sulfone groups is 1. The summed E-state index contributed by atoms with van der Waals surface area (Å²) in [5, 5.41) is 2.79. The van der Waals surface area contributed by atoms with Gasteiger partial charge in [0.1, 0.15) is 0 Å². The SMILES string of the molecule is O=C(NC1C=CS(=O)(=O)C1)C(F)F. The van der Waals surface area contributed by atoms with Gasteiger partial charge in [0.2, 0.25) is 0 Å². The molecule has 0 saturated heterocycles. The van der Waals surface area contributed by atoms with E-state index in [4.69, 9.17) is 0 Å². The summed E-state index contributed by atoms with van der Waals surface area (Å²) < 4.78 is 44.9. The molecule has 0 aliphatic carbocycles. The molecule has 1 atom stereocenters. The van der Waals surface area contributed by atoms with Crippen LogP contribution < -0.4 is 5.32 Å². The van der Waals surface area contributed by atoms with E-state index in [1.807, 2.05) is 5.32 Å². The molecule has 1 rings (SSSR count). The highest BCUT2D eigenvalue weighted by atomic mass is 32.2. The van der Waals surface area contributed by atoms with Gasteiger partial charge in [0.25, 0.3) is 5.91 Å². The van der Waals surface area contributed by atoms with Gasteiger partial charge in [-0.3, -0.25) is 4.79 Å². The average molecular weight is 211 g/mol. The number of carbonyl (C=O) groups is 1. The van der Waals surface area contributed by atoms with Crippen molar-refractivity contribution in [1.29, 1.82) is 0 Å². The van der Waals surface area contributed by atoms with Crippen molar-refractivity contribution in [3.05, 3.63) is 11.5 Å². The van der Waals surface area contributed by atoms with Crippen molar-refractivity contribution in [2.24, 2.45) is 0 Å². The van der Waals surface area contributed by atoms with E-state index in [0.717, 1.165) is 5.41 Å². The lowest BCUT2D eigenvalue weighted by Gasteiger charge is -2.08. The van der Waals surface area contributed by atoms with Crippen LogP contribution in [0.1, 0.15) is 0 Å². The minimum absolute atomic E-state index is 0.342. The molecule has 1 N–H and O–H groups in total. The normalized spacial score (nSPS) is 25.0. The van der Waals surface area contributed by atoms with Crippen LogP contribution in [0.5, 0.6) is 0 Å². The molecule has 13 heavy (non-hydrogen) atoms. The molecule has 1 aliphatic rings. The number of hydrogen-bond acceptors (Lipinski definition) is 3. The quantitative estimate of drug-likeness (QED) is 0.680. The van der Waals surface area contributed by atoms with E-state index in [1.165, 1.54) is 6.08 Å². The van der Waals surface area contributed by atoms with E-state index in [2.05, 4.69) is 0 Å². The fourth-order valence-corrected chi connectivity index (χ4v) is 2.15. The molecule has 74 valence electrons. The number of carbonyl (C=O) groups excluding carboxylic acids is 1. The zero-order valence-electron chi connectivity index (χ0n) is 6.41. The number of amides is 1. The second-order valence-electron chi connectivity index (χ2n) is 2.57. The van der Waals surface area contributed by atoms with Crippen LogP contribution in [-0.4, -0.2) is 32.5 Å². The monoisotopic (exact) mass is 211 g/mol. The van der Waals surface area contributed by atoms with Crippen molar-refractivity contribution in [2.45, 2.75) is 12.5 Å². The standard InChI is InChI=1S/C6H7F2NO3S/c7-5(8)6(10)9-4-1-2-13(11,12)3-4/h1-2,4-5H,3H2,(H,9,10). The lowest BCUT2D eigenvalue weighted by Crippen LogP contribution is -2.39. The molecule has 0 fully saturated rings. The van der Waals surface area contributed by atoms with Crippen LogP contribution in [0.4, 0.5) is 8.78 Å². The Hall–Kier alpha value is -0.980. The summed E-state index contributed by atoms with van der Waals surface area (Å²) in [6.45, 7) is 0. The fraction of sp³-hybridized carbons (Fsp3) is 0.500. The van der Waals surface area contributed by atoms with Crippen molar-refractivity contribution in [2.75, 3.05) is 5.75 Å². The summed E-state index contributed by atoms with van der Waals surface area (Å²) >= 11 is 0. The van der Waals surface area contributed by atoms with Crippen molar-refractivity contribution in [3.63, 3.8) is 0 Å². The Labute approximate surface area is 73.5 Å². The Balaban J connectivity index is 2.52. The summed E-state index contributed by atoms with van der Waals surface area (Å²) in [7, 11) is -3.31. The van der Waals surface area contributed by atoms with Gasteiger partial charge in [0.05, 0.1) is 11.8 Å². The van der Waals surface area contributed by atoms with E-state index in [-0.39, 0.29) is 5.75 Å². The van der Waals surface area contributed by atoms with Gasteiger partial charge in [-0.05, 0) is 6.08 Å². The van der Waals surface area contributed by atoms with Crippen molar-refractivity contribution in [3.8, 4) is 0 Å². The number of rotatable bonds is 2. The molecule has 0 aromatic rings. The minimum atomic E-state index is -3.31.